The molecule has 0 unspecified atom stereocenters. The van der Waals surface area contributed by atoms with Gasteiger partial charge in [-0.05, 0) is 43.3 Å². The fourth-order valence-corrected chi connectivity index (χ4v) is 2.91. The molecule has 0 spiro atoms. The zero-order chi connectivity index (χ0) is 16.9. The van der Waals surface area contributed by atoms with E-state index in [0.717, 1.165) is 16.3 Å². The maximum atomic E-state index is 8.94. The molecule has 0 aliphatic rings. The summed E-state index contributed by atoms with van der Waals surface area (Å²) >= 11 is 1.46. The Bertz CT molecular complexity index is 871. The maximum absolute atomic E-state index is 8.94. The van der Waals surface area contributed by atoms with Crippen molar-refractivity contribution in [3.63, 3.8) is 0 Å². The standard InChI is InChI=1S/C17H14N4O2S/c1-11(24-15-9-12(10-18)7-8-19-15)17-20-16(21-23-17)13-3-5-14(22-2)6-4-13/h3-9,11H,1-2H3/t11-/m0/s1. The lowest BCUT2D eigenvalue weighted by molar-refractivity contribution is 0.380. The van der Waals surface area contributed by atoms with Crippen molar-refractivity contribution in [2.75, 3.05) is 7.11 Å². The van der Waals surface area contributed by atoms with E-state index in [1.165, 1.54) is 11.8 Å². The Kier molecular flexibility index (Phi) is 4.77. The summed E-state index contributed by atoms with van der Waals surface area (Å²) in [6.45, 7) is 1.96. The second kappa shape index (κ2) is 7.15. The highest BCUT2D eigenvalue weighted by Crippen LogP contribution is 2.33. The molecule has 3 aromatic rings. The van der Waals surface area contributed by atoms with Crippen LogP contribution in [0.15, 0.2) is 52.1 Å². The van der Waals surface area contributed by atoms with Crippen molar-refractivity contribution in [3.05, 3.63) is 54.0 Å². The summed E-state index contributed by atoms with van der Waals surface area (Å²) < 4.78 is 10.5. The van der Waals surface area contributed by atoms with Gasteiger partial charge in [0.2, 0.25) is 11.7 Å². The molecular formula is C17H14N4O2S. The number of ether oxygens (including phenoxy) is 1. The van der Waals surface area contributed by atoms with Crippen molar-refractivity contribution >= 4 is 11.8 Å². The van der Waals surface area contributed by atoms with E-state index in [1.807, 2.05) is 31.2 Å². The molecule has 24 heavy (non-hydrogen) atoms. The lowest BCUT2D eigenvalue weighted by Crippen LogP contribution is -1.91. The summed E-state index contributed by atoms with van der Waals surface area (Å²) in [4.78, 5) is 8.69. The highest BCUT2D eigenvalue weighted by atomic mass is 32.2. The van der Waals surface area contributed by atoms with Crippen LogP contribution >= 0.6 is 11.8 Å². The number of nitrogens with zero attached hydrogens (tertiary/aromatic N) is 4. The van der Waals surface area contributed by atoms with Crippen LogP contribution in [0.25, 0.3) is 11.4 Å². The van der Waals surface area contributed by atoms with E-state index in [0.29, 0.717) is 17.3 Å². The van der Waals surface area contributed by atoms with Gasteiger partial charge < -0.3 is 9.26 Å². The van der Waals surface area contributed by atoms with Crippen LogP contribution in [0.5, 0.6) is 5.75 Å². The van der Waals surface area contributed by atoms with Gasteiger partial charge in [-0.15, -0.1) is 0 Å². The summed E-state index contributed by atoms with van der Waals surface area (Å²) in [5.41, 5.74) is 1.43. The molecule has 2 aromatic heterocycles. The highest BCUT2D eigenvalue weighted by molar-refractivity contribution is 7.99. The highest BCUT2D eigenvalue weighted by Gasteiger charge is 2.17. The molecule has 0 saturated carbocycles. The van der Waals surface area contributed by atoms with Crippen molar-refractivity contribution in [1.82, 2.24) is 15.1 Å². The smallest absolute Gasteiger partial charge is 0.240 e. The fourth-order valence-electron chi connectivity index (χ4n) is 2.03. The minimum absolute atomic E-state index is 0.0778. The monoisotopic (exact) mass is 338 g/mol. The third kappa shape index (κ3) is 3.55. The molecule has 0 fully saturated rings. The van der Waals surface area contributed by atoms with Crippen molar-refractivity contribution in [2.24, 2.45) is 0 Å². The Hall–Kier alpha value is -2.85. The first kappa shape index (κ1) is 16.0. The van der Waals surface area contributed by atoms with Crippen LogP contribution in [-0.2, 0) is 0 Å². The number of aromatic nitrogens is 3. The van der Waals surface area contributed by atoms with Gasteiger partial charge in [0.15, 0.2) is 0 Å². The van der Waals surface area contributed by atoms with Gasteiger partial charge in [0, 0.05) is 11.8 Å². The van der Waals surface area contributed by atoms with Crippen LogP contribution in [0, 0.1) is 11.3 Å². The van der Waals surface area contributed by atoms with Crippen LogP contribution in [0.2, 0.25) is 0 Å². The molecule has 2 heterocycles. The third-order valence-electron chi connectivity index (χ3n) is 3.30. The topological polar surface area (TPSA) is 84.8 Å². The van der Waals surface area contributed by atoms with Gasteiger partial charge in [0.25, 0.3) is 0 Å². The lowest BCUT2D eigenvalue weighted by Gasteiger charge is -2.05. The third-order valence-corrected chi connectivity index (χ3v) is 4.32. The first-order valence-electron chi connectivity index (χ1n) is 7.20. The van der Waals surface area contributed by atoms with E-state index in [4.69, 9.17) is 14.5 Å². The predicted molar refractivity (Wildman–Crippen MR) is 89.5 cm³/mol. The Balaban J connectivity index is 1.75. The van der Waals surface area contributed by atoms with Crippen molar-refractivity contribution in [1.29, 1.82) is 5.26 Å². The SMILES string of the molecule is COc1ccc(-c2noc([C@H](C)Sc3cc(C#N)ccn3)n2)cc1. The van der Waals surface area contributed by atoms with Crippen molar-refractivity contribution in [2.45, 2.75) is 17.2 Å². The first-order valence-corrected chi connectivity index (χ1v) is 8.08. The van der Waals surface area contributed by atoms with Gasteiger partial charge in [0.05, 0.1) is 29.0 Å². The van der Waals surface area contributed by atoms with Gasteiger partial charge in [-0.25, -0.2) is 4.98 Å². The normalized spacial score (nSPS) is 11.7. The number of hydrogen-bond donors (Lipinski definition) is 0. The zero-order valence-electron chi connectivity index (χ0n) is 13.1. The number of hydrogen-bond acceptors (Lipinski definition) is 7. The van der Waals surface area contributed by atoms with E-state index in [2.05, 4.69) is 21.2 Å². The molecule has 0 bridgehead atoms. The second-order valence-corrected chi connectivity index (χ2v) is 6.30. The molecule has 0 saturated heterocycles. The summed E-state index contributed by atoms with van der Waals surface area (Å²) in [6, 6.07) is 13.0. The van der Waals surface area contributed by atoms with Crippen molar-refractivity contribution < 1.29 is 9.26 Å². The minimum Gasteiger partial charge on any atom is -0.497 e. The van der Waals surface area contributed by atoms with Crippen LogP contribution in [0.1, 0.15) is 23.6 Å². The molecule has 0 aliphatic heterocycles. The van der Waals surface area contributed by atoms with Crippen LogP contribution in [0.3, 0.4) is 0 Å². The summed E-state index contributed by atoms with van der Waals surface area (Å²) in [5.74, 6) is 1.81. The number of benzene rings is 1. The molecule has 7 heteroatoms. The number of rotatable bonds is 5. The van der Waals surface area contributed by atoms with Crippen molar-refractivity contribution in [3.8, 4) is 23.2 Å². The molecule has 0 radical (unpaired) electrons. The Morgan fingerprint density at radius 2 is 2.04 bits per heavy atom. The summed E-state index contributed by atoms with van der Waals surface area (Å²) in [6.07, 6.45) is 1.62. The molecule has 0 aliphatic carbocycles. The Morgan fingerprint density at radius 3 is 2.75 bits per heavy atom. The number of pyridine rings is 1. The predicted octanol–water partition coefficient (Wildman–Crippen LogP) is 3.87. The molecule has 120 valence electrons. The molecule has 3 rings (SSSR count). The zero-order valence-corrected chi connectivity index (χ0v) is 13.9. The Morgan fingerprint density at radius 1 is 1.25 bits per heavy atom. The average Bonchev–Trinajstić information content (AvgIpc) is 3.12. The van der Waals surface area contributed by atoms with Crippen LogP contribution in [0.4, 0.5) is 0 Å². The Labute approximate surface area is 143 Å². The van der Waals surface area contributed by atoms with E-state index in [1.54, 1.807) is 25.4 Å². The molecular weight excluding hydrogens is 324 g/mol. The number of nitriles is 1. The van der Waals surface area contributed by atoms with Crippen LogP contribution in [-0.4, -0.2) is 22.2 Å². The van der Waals surface area contributed by atoms with E-state index in [-0.39, 0.29) is 5.25 Å². The van der Waals surface area contributed by atoms with E-state index in [9.17, 15) is 0 Å². The fraction of sp³-hybridized carbons (Fsp3) is 0.176. The van der Waals surface area contributed by atoms with E-state index < -0.39 is 0 Å². The van der Waals surface area contributed by atoms with Gasteiger partial charge in [-0.3, -0.25) is 0 Å². The molecule has 0 amide bonds. The molecule has 0 N–H and O–H groups in total. The number of thioether (sulfide) groups is 1. The van der Waals surface area contributed by atoms with Gasteiger partial charge >= 0.3 is 0 Å². The van der Waals surface area contributed by atoms with Gasteiger partial charge in [-0.2, -0.15) is 10.2 Å². The average molecular weight is 338 g/mol. The minimum atomic E-state index is -0.0778. The quantitative estimate of drug-likeness (QED) is 0.653. The largest absolute Gasteiger partial charge is 0.497 e. The van der Waals surface area contributed by atoms with E-state index >= 15 is 0 Å². The molecule has 1 atom stereocenters. The van der Waals surface area contributed by atoms with Gasteiger partial charge in [-0.1, -0.05) is 16.9 Å². The maximum Gasteiger partial charge on any atom is 0.240 e. The van der Waals surface area contributed by atoms with Crippen LogP contribution < -0.4 is 4.74 Å². The molecule has 1 aromatic carbocycles. The number of methoxy groups -OCH3 is 1. The first-order chi connectivity index (χ1) is 11.7. The molecule has 6 nitrogen and oxygen atoms in total. The lowest BCUT2D eigenvalue weighted by atomic mass is 10.2. The summed E-state index contributed by atoms with van der Waals surface area (Å²) in [7, 11) is 1.62. The van der Waals surface area contributed by atoms with Gasteiger partial charge in [0.1, 0.15) is 5.75 Å². The second-order valence-electron chi connectivity index (χ2n) is 4.94. The summed E-state index contributed by atoms with van der Waals surface area (Å²) in [5, 5.41) is 13.6.